The first kappa shape index (κ1) is 18.7. The summed E-state index contributed by atoms with van der Waals surface area (Å²) in [6, 6.07) is 11.3. The standard InChI is InChI=1S/C20H18N2O4/c1-3-6-16-9-14(11-19(20(16)23)26-4-2)10-17(13-21)15-7-5-8-18(12-15)22(24)25/h3,5,7-12,23H,1,4,6H2,2H3. The summed E-state index contributed by atoms with van der Waals surface area (Å²) in [6.07, 6.45) is 3.70. The van der Waals surface area contributed by atoms with Crippen molar-refractivity contribution in [3.05, 3.63) is 75.9 Å². The number of non-ortho nitro benzene ring substituents is 1. The van der Waals surface area contributed by atoms with Crippen molar-refractivity contribution in [2.24, 2.45) is 0 Å². The molecule has 0 unspecified atom stereocenters. The molecule has 0 fully saturated rings. The number of hydrogen-bond donors (Lipinski definition) is 1. The highest BCUT2D eigenvalue weighted by atomic mass is 16.6. The van der Waals surface area contributed by atoms with Crippen molar-refractivity contribution in [1.29, 1.82) is 5.26 Å². The van der Waals surface area contributed by atoms with Gasteiger partial charge in [-0.15, -0.1) is 6.58 Å². The summed E-state index contributed by atoms with van der Waals surface area (Å²) in [5.41, 5.74) is 1.89. The van der Waals surface area contributed by atoms with Crippen molar-refractivity contribution >= 4 is 17.3 Å². The summed E-state index contributed by atoms with van der Waals surface area (Å²) in [5, 5.41) is 30.7. The van der Waals surface area contributed by atoms with E-state index in [1.807, 2.05) is 0 Å². The van der Waals surface area contributed by atoms with E-state index in [9.17, 15) is 20.5 Å². The first-order valence-corrected chi connectivity index (χ1v) is 7.96. The van der Waals surface area contributed by atoms with Crippen LogP contribution in [0, 0.1) is 21.4 Å². The Bertz CT molecular complexity index is 911. The number of phenolic OH excluding ortho intramolecular Hbond substituents is 1. The molecule has 0 aliphatic carbocycles. The lowest BCUT2D eigenvalue weighted by molar-refractivity contribution is -0.384. The number of aromatic hydroxyl groups is 1. The highest BCUT2D eigenvalue weighted by molar-refractivity contribution is 5.90. The zero-order chi connectivity index (χ0) is 19.1. The van der Waals surface area contributed by atoms with Crippen molar-refractivity contribution in [1.82, 2.24) is 0 Å². The molecule has 0 amide bonds. The Balaban J connectivity index is 2.54. The fourth-order valence-corrected chi connectivity index (χ4v) is 2.48. The number of rotatable bonds is 7. The highest BCUT2D eigenvalue weighted by Gasteiger charge is 2.12. The van der Waals surface area contributed by atoms with Gasteiger partial charge >= 0.3 is 0 Å². The topological polar surface area (TPSA) is 96.4 Å². The Morgan fingerprint density at radius 1 is 1.42 bits per heavy atom. The number of benzene rings is 2. The second-order valence-corrected chi connectivity index (χ2v) is 5.43. The van der Waals surface area contributed by atoms with Crippen molar-refractivity contribution < 1.29 is 14.8 Å². The molecule has 0 heterocycles. The third-order valence-electron chi connectivity index (χ3n) is 3.64. The third kappa shape index (κ3) is 4.28. The van der Waals surface area contributed by atoms with Crippen LogP contribution in [-0.2, 0) is 6.42 Å². The van der Waals surface area contributed by atoms with Gasteiger partial charge in [-0.05, 0) is 42.7 Å². The maximum Gasteiger partial charge on any atom is 0.270 e. The van der Waals surface area contributed by atoms with E-state index in [2.05, 4.69) is 12.6 Å². The quantitative estimate of drug-likeness (QED) is 0.261. The van der Waals surface area contributed by atoms with E-state index < -0.39 is 4.92 Å². The van der Waals surface area contributed by atoms with E-state index in [0.717, 1.165) is 0 Å². The summed E-state index contributed by atoms with van der Waals surface area (Å²) in [4.78, 5) is 10.4. The third-order valence-corrected chi connectivity index (χ3v) is 3.64. The van der Waals surface area contributed by atoms with Crippen LogP contribution in [0.4, 0.5) is 5.69 Å². The molecule has 2 rings (SSSR count). The van der Waals surface area contributed by atoms with Crippen molar-refractivity contribution in [2.75, 3.05) is 6.61 Å². The maximum absolute atomic E-state index is 10.9. The molecule has 26 heavy (non-hydrogen) atoms. The molecular formula is C20H18N2O4. The zero-order valence-corrected chi connectivity index (χ0v) is 14.3. The smallest absolute Gasteiger partial charge is 0.270 e. The fraction of sp³-hybridized carbons (Fsp3) is 0.150. The van der Waals surface area contributed by atoms with E-state index in [1.165, 1.54) is 18.2 Å². The van der Waals surface area contributed by atoms with E-state index >= 15 is 0 Å². The molecule has 0 aliphatic rings. The van der Waals surface area contributed by atoms with E-state index in [0.29, 0.717) is 35.5 Å². The summed E-state index contributed by atoms with van der Waals surface area (Å²) in [6.45, 7) is 5.85. The molecule has 0 atom stereocenters. The molecule has 2 aromatic carbocycles. The lowest BCUT2D eigenvalue weighted by Crippen LogP contribution is -1.95. The van der Waals surface area contributed by atoms with E-state index in [1.54, 1.807) is 37.3 Å². The van der Waals surface area contributed by atoms with Gasteiger partial charge in [0.25, 0.3) is 5.69 Å². The maximum atomic E-state index is 10.9. The number of nitrogens with zero attached hydrogens (tertiary/aromatic N) is 2. The molecule has 1 N–H and O–H groups in total. The number of ether oxygens (including phenoxy) is 1. The van der Waals surface area contributed by atoms with Gasteiger partial charge in [-0.25, -0.2) is 0 Å². The van der Waals surface area contributed by atoms with Gasteiger partial charge in [0.2, 0.25) is 0 Å². The van der Waals surface area contributed by atoms with E-state index in [4.69, 9.17) is 4.74 Å². The molecular weight excluding hydrogens is 332 g/mol. The van der Waals surface area contributed by atoms with Crippen LogP contribution in [0.3, 0.4) is 0 Å². The van der Waals surface area contributed by atoms with Crippen LogP contribution >= 0.6 is 0 Å². The Kier molecular flexibility index (Phi) is 6.12. The fourth-order valence-electron chi connectivity index (χ4n) is 2.48. The minimum Gasteiger partial charge on any atom is -0.504 e. The van der Waals surface area contributed by atoms with Gasteiger partial charge in [0, 0.05) is 17.7 Å². The monoisotopic (exact) mass is 350 g/mol. The van der Waals surface area contributed by atoms with Crippen LogP contribution < -0.4 is 4.74 Å². The van der Waals surface area contributed by atoms with Gasteiger partial charge in [0.05, 0.1) is 23.2 Å². The molecule has 0 bridgehead atoms. The summed E-state index contributed by atoms with van der Waals surface area (Å²) < 4.78 is 5.45. The van der Waals surface area contributed by atoms with Gasteiger partial charge in [-0.2, -0.15) is 5.26 Å². The molecule has 132 valence electrons. The molecule has 0 spiro atoms. The Morgan fingerprint density at radius 3 is 2.81 bits per heavy atom. The summed E-state index contributed by atoms with van der Waals surface area (Å²) in [7, 11) is 0. The average Bonchev–Trinajstić information content (AvgIpc) is 2.63. The number of nitro groups is 1. The molecule has 0 radical (unpaired) electrons. The lowest BCUT2D eigenvalue weighted by atomic mass is 10.0. The zero-order valence-electron chi connectivity index (χ0n) is 14.3. The highest BCUT2D eigenvalue weighted by Crippen LogP contribution is 2.34. The average molecular weight is 350 g/mol. The van der Waals surface area contributed by atoms with Crippen LogP contribution in [0.2, 0.25) is 0 Å². The predicted octanol–water partition coefficient (Wildman–Crippen LogP) is 4.49. The van der Waals surface area contributed by atoms with E-state index in [-0.39, 0.29) is 17.0 Å². The van der Waals surface area contributed by atoms with Crippen molar-refractivity contribution in [3.63, 3.8) is 0 Å². The SMILES string of the molecule is C=CCc1cc(C=C(C#N)c2cccc([N+](=O)[O-])c2)cc(OCC)c1O. The second-order valence-electron chi connectivity index (χ2n) is 5.43. The number of hydrogen-bond acceptors (Lipinski definition) is 5. The number of nitriles is 1. The van der Waals surface area contributed by atoms with Gasteiger partial charge in [-0.1, -0.05) is 18.2 Å². The molecule has 0 saturated heterocycles. The Hall–Kier alpha value is -3.59. The van der Waals surface area contributed by atoms with Crippen LogP contribution in [0.1, 0.15) is 23.6 Å². The minimum atomic E-state index is -0.506. The van der Waals surface area contributed by atoms with Crippen LogP contribution in [-0.4, -0.2) is 16.6 Å². The normalized spacial score (nSPS) is 10.8. The molecule has 0 aliphatic heterocycles. The molecule has 0 saturated carbocycles. The van der Waals surface area contributed by atoms with Gasteiger partial charge in [0.1, 0.15) is 0 Å². The number of allylic oxidation sites excluding steroid dienone is 2. The molecule has 6 nitrogen and oxygen atoms in total. The van der Waals surface area contributed by atoms with Crippen molar-refractivity contribution in [3.8, 4) is 17.6 Å². The number of nitro benzene ring substituents is 1. The summed E-state index contributed by atoms with van der Waals surface area (Å²) >= 11 is 0. The first-order valence-electron chi connectivity index (χ1n) is 7.96. The largest absolute Gasteiger partial charge is 0.504 e. The Labute approximate surface area is 151 Å². The van der Waals surface area contributed by atoms with Crippen LogP contribution in [0.25, 0.3) is 11.6 Å². The van der Waals surface area contributed by atoms with Crippen LogP contribution in [0.5, 0.6) is 11.5 Å². The van der Waals surface area contributed by atoms with Gasteiger partial charge in [-0.3, -0.25) is 10.1 Å². The molecule has 0 aromatic heterocycles. The van der Waals surface area contributed by atoms with Gasteiger partial charge < -0.3 is 9.84 Å². The molecule has 2 aromatic rings. The predicted molar refractivity (Wildman–Crippen MR) is 99.8 cm³/mol. The van der Waals surface area contributed by atoms with Crippen LogP contribution in [0.15, 0.2) is 49.1 Å². The Morgan fingerprint density at radius 2 is 2.19 bits per heavy atom. The van der Waals surface area contributed by atoms with Crippen molar-refractivity contribution in [2.45, 2.75) is 13.3 Å². The first-order chi connectivity index (χ1) is 12.5. The minimum absolute atomic E-state index is 0.0396. The number of phenols is 1. The molecule has 6 heteroatoms. The second kappa shape index (κ2) is 8.49. The summed E-state index contributed by atoms with van der Waals surface area (Å²) in [5.74, 6) is 0.354. The lowest BCUT2D eigenvalue weighted by Gasteiger charge is -2.11. The van der Waals surface area contributed by atoms with Gasteiger partial charge in [0.15, 0.2) is 11.5 Å².